The predicted molar refractivity (Wildman–Crippen MR) is 111 cm³/mol. The Bertz CT molecular complexity index is 1240. The van der Waals surface area contributed by atoms with Crippen molar-refractivity contribution in [2.24, 2.45) is 0 Å². The van der Waals surface area contributed by atoms with Gasteiger partial charge in [0.1, 0.15) is 0 Å². The van der Waals surface area contributed by atoms with Gasteiger partial charge < -0.3 is 15.2 Å². The molecule has 30 heavy (non-hydrogen) atoms. The van der Waals surface area contributed by atoms with Crippen LogP contribution in [-0.2, 0) is 12.7 Å². The maximum atomic E-state index is 13.0. The summed E-state index contributed by atoms with van der Waals surface area (Å²) in [6, 6.07) is 8.76. The Morgan fingerprint density at radius 3 is 2.60 bits per heavy atom. The first kappa shape index (κ1) is 20.1. The number of carbonyl (C=O) groups excluding carboxylic acids is 1. The van der Waals surface area contributed by atoms with Crippen LogP contribution in [0.4, 0.5) is 24.3 Å². The summed E-state index contributed by atoms with van der Waals surface area (Å²) >= 11 is 1.13. The van der Waals surface area contributed by atoms with E-state index in [1.807, 2.05) is 24.5 Å². The minimum absolute atomic E-state index is 0.174. The summed E-state index contributed by atoms with van der Waals surface area (Å²) in [6.07, 6.45) is -4.40. The van der Waals surface area contributed by atoms with Crippen molar-refractivity contribution < 1.29 is 18.0 Å². The minimum atomic E-state index is -4.40. The number of hydrogen-bond acceptors (Lipinski definition) is 5. The van der Waals surface area contributed by atoms with Gasteiger partial charge in [-0.2, -0.15) is 13.2 Å². The smallest absolute Gasteiger partial charge is 0.352 e. The molecule has 10 heteroatoms. The highest BCUT2D eigenvalue weighted by atomic mass is 32.1. The molecule has 0 radical (unpaired) electrons. The molecule has 156 valence electrons. The van der Waals surface area contributed by atoms with E-state index in [4.69, 9.17) is 0 Å². The van der Waals surface area contributed by atoms with Crippen LogP contribution in [0.25, 0.3) is 21.3 Å². The second-order valence-electron chi connectivity index (χ2n) is 6.57. The third-order valence-electron chi connectivity index (χ3n) is 4.60. The SMILES string of the molecule is CCNC(=O)c1ccc2c(c1)nc(Nc1nc3ccc(C(F)(F)F)cc3s1)n2CC. The Kier molecular flexibility index (Phi) is 5.10. The number of nitrogens with zero attached hydrogens (tertiary/aromatic N) is 3. The lowest BCUT2D eigenvalue weighted by atomic mass is 10.2. The normalized spacial score (nSPS) is 11.9. The molecule has 0 atom stereocenters. The number of amides is 1. The van der Waals surface area contributed by atoms with Crippen molar-refractivity contribution in [1.82, 2.24) is 19.9 Å². The molecule has 1 amide bonds. The number of hydrogen-bond donors (Lipinski definition) is 2. The van der Waals surface area contributed by atoms with Crippen LogP contribution in [0.1, 0.15) is 29.8 Å². The predicted octanol–water partition coefficient (Wildman–Crippen LogP) is 5.18. The van der Waals surface area contributed by atoms with Gasteiger partial charge in [0.2, 0.25) is 5.95 Å². The molecule has 0 aliphatic heterocycles. The second kappa shape index (κ2) is 7.60. The van der Waals surface area contributed by atoms with Gasteiger partial charge in [-0.15, -0.1) is 0 Å². The molecule has 0 fully saturated rings. The Morgan fingerprint density at radius 2 is 1.90 bits per heavy atom. The molecule has 6 nitrogen and oxygen atoms in total. The van der Waals surface area contributed by atoms with E-state index >= 15 is 0 Å². The van der Waals surface area contributed by atoms with Gasteiger partial charge in [-0.3, -0.25) is 4.79 Å². The first-order valence-corrected chi connectivity index (χ1v) is 10.1. The molecular weight excluding hydrogens is 415 g/mol. The van der Waals surface area contributed by atoms with E-state index in [0.717, 1.165) is 29.0 Å². The van der Waals surface area contributed by atoms with Crippen LogP contribution in [0.5, 0.6) is 0 Å². The Labute approximate surface area is 173 Å². The Hall–Kier alpha value is -3.14. The fraction of sp³-hybridized carbons (Fsp3) is 0.250. The van der Waals surface area contributed by atoms with E-state index in [2.05, 4.69) is 20.6 Å². The number of fused-ring (bicyclic) bond motifs is 2. The first-order chi connectivity index (χ1) is 14.3. The lowest BCUT2D eigenvalue weighted by Gasteiger charge is -2.06. The monoisotopic (exact) mass is 433 g/mol. The van der Waals surface area contributed by atoms with E-state index in [9.17, 15) is 18.0 Å². The number of thiazole rings is 1. The summed E-state index contributed by atoms with van der Waals surface area (Å²) in [7, 11) is 0. The summed E-state index contributed by atoms with van der Waals surface area (Å²) in [5.41, 5.74) is 1.77. The molecule has 2 aromatic heterocycles. The van der Waals surface area contributed by atoms with Crippen LogP contribution in [0.2, 0.25) is 0 Å². The summed E-state index contributed by atoms with van der Waals surface area (Å²) < 4.78 is 41.2. The fourth-order valence-electron chi connectivity index (χ4n) is 3.20. The number of rotatable bonds is 5. The number of aromatic nitrogens is 3. The van der Waals surface area contributed by atoms with Crippen molar-refractivity contribution in [1.29, 1.82) is 0 Å². The Balaban J connectivity index is 1.69. The van der Waals surface area contributed by atoms with Crippen molar-refractivity contribution in [2.45, 2.75) is 26.6 Å². The van der Waals surface area contributed by atoms with Crippen molar-refractivity contribution in [3.63, 3.8) is 0 Å². The maximum absolute atomic E-state index is 13.0. The maximum Gasteiger partial charge on any atom is 0.416 e. The molecule has 0 saturated carbocycles. The van der Waals surface area contributed by atoms with Crippen molar-refractivity contribution in [3.05, 3.63) is 47.5 Å². The number of anilines is 2. The standard InChI is InChI=1S/C20H18F3N5OS/c1-3-24-17(29)11-5-8-15-14(9-11)25-18(28(15)4-2)27-19-26-13-7-6-12(20(21,22)23)10-16(13)30-19/h5-10H,3-4H2,1-2H3,(H,24,29)(H,25,26,27). The molecule has 4 rings (SSSR count). The highest BCUT2D eigenvalue weighted by Crippen LogP contribution is 2.35. The number of nitrogens with one attached hydrogen (secondary N) is 2. The number of alkyl halides is 3. The zero-order valence-corrected chi connectivity index (χ0v) is 17.0. The van der Waals surface area contributed by atoms with E-state index in [0.29, 0.717) is 45.5 Å². The van der Waals surface area contributed by atoms with Gasteiger partial charge >= 0.3 is 6.18 Å². The average Bonchev–Trinajstić information content (AvgIpc) is 3.26. The highest BCUT2D eigenvalue weighted by molar-refractivity contribution is 7.22. The zero-order chi connectivity index (χ0) is 21.5. The molecule has 2 N–H and O–H groups in total. The van der Waals surface area contributed by atoms with Gasteiger partial charge in [0.05, 0.1) is 26.8 Å². The number of imidazole rings is 1. The van der Waals surface area contributed by atoms with Crippen molar-refractivity contribution in [2.75, 3.05) is 11.9 Å². The molecule has 0 aliphatic carbocycles. The van der Waals surface area contributed by atoms with E-state index in [-0.39, 0.29) is 5.91 Å². The number of aryl methyl sites for hydroxylation is 1. The van der Waals surface area contributed by atoms with Crippen LogP contribution in [0.3, 0.4) is 0 Å². The van der Waals surface area contributed by atoms with Gasteiger partial charge in [0.25, 0.3) is 5.91 Å². The van der Waals surface area contributed by atoms with E-state index in [1.54, 1.807) is 12.1 Å². The molecule has 4 aromatic rings. The second-order valence-corrected chi connectivity index (χ2v) is 7.60. The largest absolute Gasteiger partial charge is 0.416 e. The molecule has 0 spiro atoms. The van der Waals surface area contributed by atoms with Crippen molar-refractivity contribution in [3.8, 4) is 0 Å². The lowest BCUT2D eigenvalue weighted by molar-refractivity contribution is -0.137. The van der Waals surface area contributed by atoms with Gasteiger partial charge in [-0.25, -0.2) is 9.97 Å². The van der Waals surface area contributed by atoms with Gasteiger partial charge in [-0.1, -0.05) is 11.3 Å². The van der Waals surface area contributed by atoms with Crippen LogP contribution < -0.4 is 10.6 Å². The first-order valence-electron chi connectivity index (χ1n) is 9.33. The summed E-state index contributed by atoms with van der Waals surface area (Å²) in [5, 5.41) is 6.31. The van der Waals surface area contributed by atoms with Crippen LogP contribution in [0.15, 0.2) is 36.4 Å². The fourth-order valence-corrected chi connectivity index (χ4v) is 4.10. The summed E-state index contributed by atoms with van der Waals surface area (Å²) in [4.78, 5) is 21.0. The number of carbonyl (C=O) groups is 1. The van der Waals surface area contributed by atoms with Crippen LogP contribution >= 0.6 is 11.3 Å². The third kappa shape index (κ3) is 3.70. The van der Waals surface area contributed by atoms with Crippen LogP contribution in [-0.4, -0.2) is 27.0 Å². The van der Waals surface area contributed by atoms with E-state index < -0.39 is 11.7 Å². The quantitative estimate of drug-likeness (QED) is 0.455. The van der Waals surface area contributed by atoms with E-state index in [1.165, 1.54) is 6.07 Å². The summed E-state index contributed by atoms with van der Waals surface area (Å²) in [5.74, 6) is 0.335. The average molecular weight is 433 g/mol. The minimum Gasteiger partial charge on any atom is -0.352 e. The molecule has 0 saturated heterocycles. The lowest BCUT2D eigenvalue weighted by Crippen LogP contribution is -2.22. The summed E-state index contributed by atoms with van der Waals surface area (Å²) in [6.45, 7) is 4.95. The number of halogens is 3. The molecule has 2 heterocycles. The molecule has 0 unspecified atom stereocenters. The van der Waals surface area contributed by atoms with Gasteiger partial charge in [0, 0.05) is 18.7 Å². The molecule has 2 aromatic carbocycles. The zero-order valence-electron chi connectivity index (χ0n) is 16.2. The third-order valence-corrected chi connectivity index (χ3v) is 5.53. The molecular formula is C20H18F3N5OS. The van der Waals surface area contributed by atoms with Gasteiger partial charge in [0.15, 0.2) is 5.13 Å². The topological polar surface area (TPSA) is 71.8 Å². The molecule has 0 bridgehead atoms. The Morgan fingerprint density at radius 1 is 1.10 bits per heavy atom. The number of benzene rings is 2. The van der Waals surface area contributed by atoms with Crippen molar-refractivity contribution >= 4 is 49.6 Å². The molecule has 0 aliphatic rings. The van der Waals surface area contributed by atoms with Gasteiger partial charge in [-0.05, 0) is 50.2 Å². The van der Waals surface area contributed by atoms with Crippen LogP contribution in [0, 0.1) is 0 Å². The highest BCUT2D eigenvalue weighted by Gasteiger charge is 2.30.